The van der Waals surface area contributed by atoms with Gasteiger partial charge in [0.1, 0.15) is 5.76 Å². The number of carbonyl (C=O) groups is 3. The lowest BCUT2D eigenvalue weighted by Gasteiger charge is -2.07. The van der Waals surface area contributed by atoms with Crippen molar-refractivity contribution in [3.05, 3.63) is 70.1 Å². The van der Waals surface area contributed by atoms with Gasteiger partial charge < -0.3 is 4.42 Å². The molecular formula is C20H20N4O4S. The number of aryl methyl sites for hydroxylation is 2. The van der Waals surface area contributed by atoms with E-state index in [1.165, 1.54) is 17.6 Å². The zero-order chi connectivity index (χ0) is 20.8. The number of amides is 3. The van der Waals surface area contributed by atoms with Crippen LogP contribution in [0.5, 0.6) is 0 Å². The van der Waals surface area contributed by atoms with Crippen LogP contribution in [0.1, 0.15) is 44.7 Å². The highest BCUT2D eigenvalue weighted by Gasteiger charge is 2.15. The van der Waals surface area contributed by atoms with Crippen LogP contribution in [0.3, 0.4) is 0 Å². The minimum absolute atomic E-state index is 0.0356. The van der Waals surface area contributed by atoms with Crippen molar-refractivity contribution in [3.8, 4) is 0 Å². The Kier molecular flexibility index (Phi) is 6.40. The van der Waals surface area contributed by atoms with Gasteiger partial charge in [0, 0.05) is 10.9 Å². The van der Waals surface area contributed by atoms with E-state index in [1.807, 2.05) is 19.1 Å². The minimum Gasteiger partial charge on any atom is -0.469 e. The van der Waals surface area contributed by atoms with Gasteiger partial charge in [0.2, 0.25) is 5.91 Å². The summed E-state index contributed by atoms with van der Waals surface area (Å²) in [5, 5.41) is 4.71. The third-order valence-electron chi connectivity index (χ3n) is 4.16. The fraction of sp³-hybridized carbons (Fsp3) is 0.200. The molecule has 0 saturated heterocycles. The maximum Gasteiger partial charge on any atom is 0.269 e. The molecular weight excluding hydrogens is 392 g/mol. The summed E-state index contributed by atoms with van der Waals surface area (Å²) in [5.41, 5.74) is 7.23. The van der Waals surface area contributed by atoms with Crippen molar-refractivity contribution in [2.45, 2.75) is 26.7 Å². The largest absolute Gasteiger partial charge is 0.469 e. The number of hydrogen-bond donors (Lipinski definition) is 3. The number of hydrogen-bond acceptors (Lipinski definition) is 6. The van der Waals surface area contributed by atoms with Gasteiger partial charge in [-0.1, -0.05) is 19.1 Å². The van der Waals surface area contributed by atoms with Crippen LogP contribution in [-0.4, -0.2) is 22.7 Å². The van der Waals surface area contributed by atoms with Gasteiger partial charge in [0.25, 0.3) is 11.8 Å². The summed E-state index contributed by atoms with van der Waals surface area (Å²) >= 11 is 1.21. The quantitative estimate of drug-likeness (QED) is 0.539. The number of carbonyl (C=O) groups excluding carboxylic acids is 3. The molecule has 9 heteroatoms. The SMILES string of the molecule is CCc1ccc(C(=O)NNC(=O)Cc2csc(NC(=O)c3ccoc3C)n2)cc1. The molecule has 0 saturated carbocycles. The lowest BCUT2D eigenvalue weighted by Crippen LogP contribution is -2.42. The van der Waals surface area contributed by atoms with E-state index < -0.39 is 11.8 Å². The first-order chi connectivity index (χ1) is 14.0. The maximum atomic E-state index is 12.1. The highest BCUT2D eigenvalue weighted by atomic mass is 32.1. The first kappa shape index (κ1) is 20.3. The van der Waals surface area contributed by atoms with Crippen molar-refractivity contribution in [2.75, 3.05) is 5.32 Å². The molecule has 3 N–H and O–H groups in total. The smallest absolute Gasteiger partial charge is 0.269 e. The summed E-state index contributed by atoms with van der Waals surface area (Å²) < 4.78 is 5.11. The molecule has 29 heavy (non-hydrogen) atoms. The maximum absolute atomic E-state index is 12.1. The highest BCUT2D eigenvalue weighted by Crippen LogP contribution is 2.18. The monoisotopic (exact) mass is 412 g/mol. The van der Waals surface area contributed by atoms with E-state index in [-0.39, 0.29) is 12.3 Å². The number of nitrogens with zero attached hydrogens (tertiary/aromatic N) is 1. The van der Waals surface area contributed by atoms with Crippen molar-refractivity contribution in [3.63, 3.8) is 0 Å². The molecule has 2 aromatic heterocycles. The molecule has 0 aliphatic heterocycles. The van der Waals surface area contributed by atoms with Gasteiger partial charge >= 0.3 is 0 Å². The summed E-state index contributed by atoms with van der Waals surface area (Å²) in [6, 6.07) is 8.72. The highest BCUT2D eigenvalue weighted by molar-refractivity contribution is 7.14. The van der Waals surface area contributed by atoms with Crippen molar-refractivity contribution < 1.29 is 18.8 Å². The topological polar surface area (TPSA) is 113 Å². The van der Waals surface area contributed by atoms with Crippen LogP contribution in [-0.2, 0) is 17.6 Å². The van der Waals surface area contributed by atoms with E-state index in [0.29, 0.717) is 27.7 Å². The van der Waals surface area contributed by atoms with Crippen LogP contribution >= 0.6 is 11.3 Å². The molecule has 8 nitrogen and oxygen atoms in total. The van der Waals surface area contributed by atoms with Crippen LogP contribution in [0.4, 0.5) is 5.13 Å². The van der Waals surface area contributed by atoms with Gasteiger partial charge in [-0.3, -0.25) is 30.6 Å². The van der Waals surface area contributed by atoms with Gasteiger partial charge in [-0.05, 0) is 37.1 Å². The average Bonchev–Trinajstić information content (AvgIpc) is 3.34. The Hall–Kier alpha value is -3.46. The Labute approximate surface area is 171 Å². The van der Waals surface area contributed by atoms with E-state index in [2.05, 4.69) is 21.2 Å². The predicted octanol–water partition coefficient (Wildman–Crippen LogP) is 2.86. The first-order valence-corrected chi connectivity index (χ1v) is 9.82. The van der Waals surface area contributed by atoms with Crippen LogP contribution in [0.25, 0.3) is 0 Å². The van der Waals surface area contributed by atoms with Crippen LogP contribution < -0.4 is 16.2 Å². The van der Waals surface area contributed by atoms with Crippen molar-refractivity contribution >= 4 is 34.2 Å². The number of thiazole rings is 1. The van der Waals surface area contributed by atoms with E-state index in [4.69, 9.17) is 4.42 Å². The van der Waals surface area contributed by atoms with E-state index >= 15 is 0 Å². The van der Waals surface area contributed by atoms with Gasteiger partial charge in [0.05, 0.1) is 23.9 Å². The summed E-state index contributed by atoms with van der Waals surface area (Å²) in [7, 11) is 0. The molecule has 0 unspecified atom stereocenters. The molecule has 0 atom stereocenters. The van der Waals surface area contributed by atoms with Crippen LogP contribution in [0.15, 0.2) is 46.4 Å². The zero-order valence-corrected chi connectivity index (χ0v) is 16.8. The van der Waals surface area contributed by atoms with E-state index in [9.17, 15) is 14.4 Å². The number of rotatable bonds is 6. The van der Waals surface area contributed by atoms with Gasteiger partial charge in [0.15, 0.2) is 5.13 Å². The molecule has 0 fully saturated rings. The lowest BCUT2D eigenvalue weighted by atomic mass is 10.1. The molecule has 1 aromatic carbocycles. The summed E-state index contributed by atoms with van der Waals surface area (Å²) in [5.74, 6) is -0.637. The molecule has 3 amide bonds. The second kappa shape index (κ2) is 9.16. The third-order valence-corrected chi connectivity index (χ3v) is 4.96. The molecule has 0 spiro atoms. The van der Waals surface area contributed by atoms with Crippen LogP contribution in [0.2, 0.25) is 0 Å². The summed E-state index contributed by atoms with van der Waals surface area (Å²) in [6.45, 7) is 3.72. The standard InChI is InChI=1S/C20H20N4O4S/c1-3-13-4-6-14(7-5-13)18(26)24-23-17(25)10-15-11-29-20(21-15)22-19(27)16-8-9-28-12(16)2/h4-9,11H,3,10H2,1-2H3,(H,23,25)(H,24,26)(H,21,22,27). The van der Waals surface area contributed by atoms with Crippen molar-refractivity contribution in [1.82, 2.24) is 15.8 Å². The van der Waals surface area contributed by atoms with E-state index in [0.717, 1.165) is 12.0 Å². The number of aromatic nitrogens is 1. The Morgan fingerprint density at radius 1 is 1.07 bits per heavy atom. The van der Waals surface area contributed by atoms with E-state index in [1.54, 1.807) is 30.5 Å². The number of benzene rings is 1. The molecule has 0 aliphatic rings. The number of hydrazine groups is 1. The van der Waals surface area contributed by atoms with Gasteiger partial charge in [-0.25, -0.2) is 4.98 Å². The molecule has 3 aromatic rings. The van der Waals surface area contributed by atoms with Crippen LogP contribution in [0, 0.1) is 6.92 Å². The predicted molar refractivity (Wildman–Crippen MR) is 109 cm³/mol. The molecule has 0 aliphatic carbocycles. The van der Waals surface area contributed by atoms with Crippen molar-refractivity contribution in [1.29, 1.82) is 0 Å². The fourth-order valence-electron chi connectivity index (χ4n) is 2.53. The normalized spacial score (nSPS) is 10.4. The molecule has 150 valence electrons. The molecule has 2 heterocycles. The minimum atomic E-state index is -0.419. The van der Waals surface area contributed by atoms with Gasteiger partial charge in [-0.2, -0.15) is 0 Å². The van der Waals surface area contributed by atoms with Crippen molar-refractivity contribution in [2.24, 2.45) is 0 Å². The second-order valence-corrected chi connectivity index (χ2v) is 7.08. The number of anilines is 1. The zero-order valence-electron chi connectivity index (χ0n) is 15.9. The lowest BCUT2D eigenvalue weighted by molar-refractivity contribution is -0.121. The Morgan fingerprint density at radius 2 is 1.83 bits per heavy atom. The average molecular weight is 412 g/mol. The molecule has 0 bridgehead atoms. The Morgan fingerprint density at radius 3 is 2.48 bits per heavy atom. The number of furan rings is 1. The number of nitrogens with one attached hydrogen (secondary N) is 3. The Balaban J connectivity index is 1.49. The first-order valence-electron chi connectivity index (χ1n) is 8.94. The summed E-state index contributed by atoms with van der Waals surface area (Å²) in [4.78, 5) is 40.5. The molecule has 0 radical (unpaired) electrons. The second-order valence-electron chi connectivity index (χ2n) is 6.22. The fourth-order valence-corrected chi connectivity index (χ4v) is 3.24. The summed E-state index contributed by atoms with van der Waals surface area (Å²) in [6.07, 6.45) is 2.29. The third kappa shape index (κ3) is 5.29. The van der Waals surface area contributed by atoms with Gasteiger partial charge in [-0.15, -0.1) is 11.3 Å². The Bertz CT molecular complexity index is 1020. The molecule has 3 rings (SSSR count).